The van der Waals surface area contributed by atoms with Crippen LogP contribution in [0.2, 0.25) is 0 Å². The van der Waals surface area contributed by atoms with Crippen LogP contribution in [0.4, 0.5) is 0 Å². The molecule has 0 fully saturated rings. The van der Waals surface area contributed by atoms with Gasteiger partial charge >= 0.3 is 0 Å². The molecule has 0 radical (unpaired) electrons. The number of H-pyrrole nitrogens is 1. The number of unbranched alkanes of at least 4 members (excludes halogenated alkanes) is 5. The number of ether oxygens (including phenoxy) is 6. The molecule has 11 nitrogen and oxygen atoms in total. The van der Waals surface area contributed by atoms with Crippen LogP contribution in [0.25, 0.3) is 49.5 Å². The molecule has 3 unspecified atom stereocenters. The highest BCUT2D eigenvalue weighted by Crippen LogP contribution is 2.45. The molecular weight excluding hydrogens is 747 g/mol. The third-order valence-corrected chi connectivity index (χ3v) is 11.0. The number of aromatic amines is 1. The van der Waals surface area contributed by atoms with Gasteiger partial charge in [0.2, 0.25) is 0 Å². The van der Waals surface area contributed by atoms with Gasteiger partial charge in [0, 0.05) is 79.2 Å². The minimum Gasteiger partial charge on any atom is -0.494 e. The fourth-order valence-electron chi connectivity index (χ4n) is 7.77. The molecule has 1 aliphatic rings. The summed E-state index contributed by atoms with van der Waals surface area (Å²) in [5.41, 5.74) is 3.61. The highest BCUT2D eigenvalue weighted by atomic mass is 16.6. The van der Waals surface area contributed by atoms with E-state index in [1.165, 1.54) is 4.90 Å². The molecule has 1 aliphatic heterocycles. The number of fused-ring (bicyclic) bond motifs is 7. The van der Waals surface area contributed by atoms with Crippen molar-refractivity contribution in [1.82, 2.24) is 14.5 Å². The Balaban J connectivity index is 1.70. The molecule has 3 aromatic carbocycles. The van der Waals surface area contributed by atoms with Gasteiger partial charge in [0.15, 0.2) is 18.3 Å². The Bertz CT molecular complexity index is 2220. The van der Waals surface area contributed by atoms with Crippen LogP contribution < -0.4 is 9.47 Å². The van der Waals surface area contributed by atoms with Crippen molar-refractivity contribution in [1.29, 1.82) is 0 Å². The van der Waals surface area contributed by atoms with Crippen molar-refractivity contribution in [2.75, 3.05) is 53.7 Å². The number of nitrogens with one attached hydrogen (secondary N) is 1. The Kier molecular flexibility index (Phi) is 15.7. The third kappa shape index (κ3) is 9.58. The van der Waals surface area contributed by atoms with Gasteiger partial charge in [-0.25, -0.2) is 0 Å². The van der Waals surface area contributed by atoms with E-state index in [9.17, 15) is 9.59 Å². The Morgan fingerprint density at radius 2 is 1.39 bits per heavy atom. The number of nitrogens with zero attached hydrogens (tertiary/aromatic N) is 2. The molecule has 11 heteroatoms. The maximum Gasteiger partial charge on any atom is 0.254 e. The molecule has 1 N–H and O–H groups in total. The predicted octanol–water partition coefficient (Wildman–Crippen LogP) is 10.7. The van der Waals surface area contributed by atoms with Gasteiger partial charge in [-0.15, -0.1) is 0 Å². The fraction of sp³-hybridized carbons (Fsp3) is 0.542. The fourth-order valence-corrected chi connectivity index (χ4v) is 7.77. The lowest BCUT2D eigenvalue weighted by Crippen LogP contribution is -2.47. The van der Waals surface area contributed by atoms with E-state index in [1.54, 1.807) is 14.1 Å². The van der Waals surface area contributed by atoms with Gasteiger partial charge in [-0.3, -0.25) is 14.2 Å². The van der Waals surface area contributed by atoms with Gasteiger partial charge < -0.3 is 38.3 Å². The van der Waals surface area contributed by atoms with Gasteiger partial charge in [0.1, 0.15) is 23.7 Å². The van der Waals surface area contributed by atoms with Crippen molar-refractivity contribution in [3.05, 3.63) is 53.6 Å². The third-order valence-electron chi connectivity index (χ3n) is 11.0. The van der Waals surface area contributed by atoms with Crippen molar-refractivity contribution in [2.45, 2.75) is 117 Å². The molecule has 0 bridgehead atoms. The number of aldehydes is 1. The average molecular weight is 812 g/mol. The van der Waals surface area contributed by atoms with E-state index in [1.807, 2.05) is 42.5 Å². The lowest BCUT2D eigenvalue weighted by Gasteiger charge is -2.37. The molecule has 5 aromatic rings. The molecule has 6 rings (SSSR count). The van der Waals surface area contributed by atoms with Crippen molar-refractivity contribution < 1.29 is 38.0 Å². The molecule has 0 spiro atoms. The van der Waals surface area contributed by atoms with Crippen LogP contribution >= 0.6 is 0 Å². The molecular formula is C48H65N3O8. The predicted molar refractivity (Wildman–Crippen MR) is 237 cm³/mol. The van der Waals surface area contributed by atoms with E-state index in [0.717, 1.165) is 98.0 Å². The quantitative estimate of drug-likeness (QED) is 0.0484. The number of aromatic nitrogens is 2. The summed E-state index contributed by atoms with van der Waals surface area (Å²) in [5, 5.41) is 2.89. The van der Waals surface area contributed by atoms with Gasteiger partial charge in [-0.05, 0) is 56.4 Å². The average Bonchev–Trinajstić information content (AvgIpc) is 3.78. The second-order valence-corrected chi connectivity index (χ2v) is 15.8. The first-order valence-electron chi connectivity index (χ1n) is 22.0. The van der Waals surface area contributed by atoms with Crippen LogP contribution in [-0.4, -0.2) is 98.7 Å². The summed E-state index contributed by atoms with van der Waals surface area (Å²) in [6.07, 6.45) is 11.1. The van der Waals surface area contributed by atoms with Crippen LogP contribution in [0.5, 0.6) is 11.5 Å². The van der Waals surface area contributed by atoms with E-state index in [2.05, 4.69) is 44.2 Å². The summed E-state index contributed by atoms with van der Waals surface area (Å²) in [5.74, 6) is 1.68. The molecule has 0 saturated carbocycles. The zero-order valence-corrected chi connectivity index (χ0v) is 36.3. The van der Waals surface area contributed by atoms with Crippen LogP contribution in [0.3, 0.4) is 0 Å². The Morgan fingerprint density at radius 3 is 2.03 bits per heavy atom. The van der Waals surface area contributed by atoms with Crippen LogP contribution in [0.15, 0.2) is 42.5 Å². The summed E-state index contributed by atoms with van der Waals surface area (Å²) < 4.78 is 41.2. The van der Waals surface area contributed by atoms with Crippen molar-refractivity contribution in [3.8, 4) is 11.5 Å². The highest BCUT2D eigenvalue weighted by Gasteiger charge is 2.39. The SMILES string of the molecule is CCCCOCC1OC(n2c3cc(OCCCC)ccc3c3c(C(=O)N(C)C)c(C=O)c4c5ccc(OCCCC)cc5[nH]c4c32)=CC(OCCCC)C1OCCCC. The topological polar surface area (TPSA) is 113 Å². The lowest BCUT2D eigenvalue weighted by atomic mass is 9.95. The molecule has 59 heavy (non-hydrogen) atoms. The number of carbonyl (C=O) groups is 2. The normalized spacial score (nSPS) is 16.9. The monoisotopic (exact) mass is 811 g/mol. The van der Waals surface area contributed by atoms with Crippen LogP contribution in [0.1, 0.15) is 120 Å². The first-order valence-corrected chi connectivity index (χ1v) is 22.0. The zero-order chi connectivity index (χ0) is 41.9. The van der Waals surface area contributed by atoms with Gasteiger partial charge in [-0.1, -0.05) is 66.7 Å². The summed E-state index contributed by atoms with van der Waals surface area (Å²) in [6, 6.07) is 11.8. The first kappa shape index (κ1) is 44.0. The van der Waals surface area contributed by atoms with E-state index >= 15 is 0 Å². The highest BCUT2D eigenvalue weighted by molar-refractivity contribution is 6.33. The van der Waals surface area contributed by atoms with E-state index in [-0.39, 0.29) is 5.91 Å². The molecule has 3 atom stereocenters. The van der Waals surface area contributed by atoms with E-state index < -0.39 is 18.3 Å². The minimum absolute atomic E-state index is 0.277. The Labute approximate surface area is 349 Å². The van der Waals surface area contributed by atoms with Gasteiger partial charge in [0.25, 0.3) is 5.91 Å². The molecule has 3 heterocycles. The van der Waals surface area contributed by atoms with Gasteiger partial charge in [0.05, 0.1) is 47.5 Å². The molecule has 0 aliphatic carbocycles. The molecule has 1 amide bonds. The molecule has 0 saturated heterocycles. The summed E-state index contributed by atoms with van der Waals surface area (Å²) in [6.45, 7) is 13.9. The van der Waals surface area contributed by atoms with Gasteiger partial charge in [-0.2, -0.15) is 0 Å². The summed E-state index contributed by atoms with van der Waals surface area (Å²) in [4.78, 5) is 33.2. The standard InChI is InChI=1S/C48H65N3O8/c1-8-13-22-54-31-40-47(58-26-17-12-5)39(57-25-16-11-4)29-41(59-40)51-38-28-33(56-24-15-10-3)19-21-35(38)43-44(48(53)50(6)7)36(30-52)42-34-20-18-32(55-23-14-9-2)27-37(34)49-45(42)46(43)51/h18-21,27-30,39-40,47,49H,8-17,22-26,31H2,1-7H3. The summed E-state index contributed by atoms with van der Waals surface area (Å²) >= 11 is 0. The largest absolute Gasteiger partial charge is 0.494 e. The smallest absolute Gasteiger partial charge is 0.254 e. The van der Waals surface area contributed by atoms with Crippen molar-refractivity contribution in [2.24, 2.45) is 0 Å². The molecule has 320 valence electrons. The van der Waals surface area contributed by atoms with Crippen LogP contribution in [0, 0.1) is 0 Å². The lowest BCUT2D eigenvalue weighted by molar-refractivity contribution is -0.135. The van der Waals surface area contributed by atoms with E-state index in [0.29, 0.717) is 84.2 Å². The number of rotatable bonds is 24. The second-order valence-electron chi connectivity index (χ2n) is 15.8. The molecule has 2 aromatic heterocycles. The number of amides is 1. The Hall–Kier alpha value is -4.58. The zero-order valence-electron chi connectivity index (χ0n) is 36.3. The maximum atomic E-state index is 14.5. The number of hydrogen-bond acceptors (Lipinski definition) is 8. The minimum atomic E-state index is -0.495. The number of carbonyl (C=O) groups excluding carboxylic acids is 2. The number of hydrogen-bond donors (Lipinski definition) is 1. The van der Waals surface area contributed by atoms with E-state index in [4.69, 9.17) is 28.4 Å². The maximum absolute atomic E-state index is 14.5. The number of benzene rings is 3. The van der Waals surface area contributed by atoms with Crippen molar-refractivity contribution in [3.63, 3.8) is 0 Å². The first-order chi connectivity index (χ1) is 28.8. The van der Waals surface area contributed by atoms with Crippen LogP contribution in [-0.2, 0) is 18.9 Å². The second kappa shape index (κ2) is 21.1. The summed E-state index contributed by atoms with van der Waals surface area (Å²) in [7, 11) is 3.43. The Morgan fingerprint density at radius 1 is 0.780 bits per heavy atom. The van der Waals surface area contributed by atoms with Crippen molar-refractivity contribution >= 4 is 61.7 Å².